The van der Waals surface area contributed by atoms with E-state index in [-0.39, 0.29) is 23.9 Å². The summed E-state index contributed by atoms with van der Waals surface area (Å²) >= 11 is 1.51. The Hall–Kier alpha value is -4.82. The molecule has 2 amide bonds. The van der Waals surface area contributed by atoms with Gasteiger partial charge >= 0.3 is 5.97 Å². The number of thioether (sulfide) groups is 1. The van der Waals surface area contributed by atoms with Gasteiger partial charge in [0.15, 0.2) is 6.10 Å². The molecule has 2 aliphatic rings. The number of nitrogens with one attached hydrogen (secondary N) is 1. The van der Waals surface area contributed by atoms with E-state index in [4.69, 9.17) is 9.47 Å². The van der Waals surface area contributed by atoms with Gasteiger partial charge in [-0.1, -0.05) is 103 Å². The van der Waals surface area contributed by atoms with Crippen molar-refractivity contribution in [2.75, 3.05) is 12.9 Å². The van der Waals surface area contributed by atoms with Crippen molar-refractivity contribution in [2.24, 2.45) is 0 Å². The molecule has 7 nitrogen and oxygen atoms in total. The Labute approximate surface area is 254 Å². The summed E-state index contributed by atoms with van der Waals surface area (Å²) in [5, 5.41) is 2.47. The smallest absolute Gasteiger partial charge is 0.356 e. The number of benzene rings is 4. The predicted octanol–water partition coefficient (Wildman–Crippen LogP) is 5.38. The van der Waals surface area contributed by atoms with Crippen molar-refractivity contribution in [3.63, 3.8) is 0 Å². The van der Waals surface area contributed by atoms with Crippen LogP contribution in [0.25, 0.3) is 5.57 Å². The van der Waals surface area contributed by atoms with Crippen molar-refractivity contribution < 1.29 is 23.9 Å². The molecule has 0 aliphatic carbocycles. The van der Waals surface area contributed by atoms with Gasteiger partial charge in [0, 0.05) is 11.3 Å². The van der Waals surface area contributed by atoms with Crippen LogP contribution >= 0.6 is 11.8 Å². The maximum atomic E-state index is 14.2. The number of hydrogen-bond acceptors (Lipinski definition) is 6. The van der Waals surface area contributed by atoms with Gasteiger partial charge in [-0.2, -0.15) is 0 Å². The first-order valence-corrected chi connectivity index (χ1v) is 15.0. The second-order valence-corrected chi connectivity index (χ2v) is 11.4. The summed E-state index contributed by atoms with van der Waals surface area (Å²) in [4.78, 5) is 42.1. The zero-order chi connectivity index (χ0) is 29.8. The largest absolute Gasteiger partial charge is 0.497 e. The molecular weight excluding hydrogens is 560 g/mol. The van der Waals surface area contributed by atoms with Gasteiger partial charge in [-0.25, -0.2) is 4.79 Å². The van der Waals surface area contributed by atoms with Crippen molar-refractivity contribution in [3.05, 3.63) is 143 Å². The average Bonchev–Trinajstić information content (AvgIpc) is 3.06. The van der Waals surface area contributed by atoms with Crippen molar-refractivity contribution in [2.45, 2.75) is 23.9 Å². The van der Waals surface area contributed by atoms with Gasteiger partial charge < -0.3 is 14.8 Å². The number of carbonyl (C=O) groups excluding carboxylic acids is 3. The van der Waals surface area contributed by atoms with Crippen molar-refractivity contribution >= 4 is 35.1 Å². The van der Waals surface area contributed by atoms with Gasteiger partial charge in [0.25, 0.3) is 5.91 Å². The van der Waals surface area contributed by atoms with Crippen LogP contribution in [0, 0.1) is 0 Å². The van der Waals surface area contributed by atoms with Crippen LogP contribution < -0.4 is 10.1 Å². The van der Waals surface area contributed by atoms with Crippen LogP contribution in [0.1, 0.15) is 28.4 Å². The zero-order valence-corrected chi connectivity index (χ0v) is 24.3. The van der Waals surface area contributed by atoms with Gasteiger partial charge in [-0.3, -0.25) is 14.5 Å². The number of hydrogen-bond donors (Lipinski definition) is 1. The molecule has 216 valence electrons. The Balaban J connectivity index is 1.32. The van der Waals surface area contributed by atoms with Crippen LogP contribution in [-0.2, 0) is 25.5 Å². The molecule has 0 radical (unpaired) electrons. The van der Waals surface area contributed by atoms with Crippen molar-refractivity contribution in [3.8, 4) is 5.75 Å². The molecule has 4 aromatic rings. The average molecular weight is 591 g/mol. The number of rotatable bonds is 9. The number of amides is 2. The molecule has 2 atom stereocenters. The molecular formula is C35H30N2O5S. The molecule has 0 bridgehead atoms. The van der Waals surface area contributed by atoms with Gasteiger partial charge in [-0.05, 0) is 34.4 Å². The highest BCUT2D eigenvalue weighted by atomic mass is 32.2. The summed E-state index contributed by atoms with van der Waals surface area (Å²) in [6.45, 7) is 0. The molecule has 1 fully saturated rings. The minimum absolute atomic E-state index is 0.166. The lowest BCUT2D eigenvalue weighted by Gasteiger charge is -2.50. The quantitative estimate of drug-likeness (QED) is 0.208. The first-order chi connectivity index (χ1) is 21.0. The number of β-lactam (4-membered cyclic amide) rings is 1. The van der Waals surface area contributed by atoms with Crippen LogP contribution in [-0.4, -0.2) is 47.0 Å². The van der Waals surface area contributed by atoms with E-state index in [1.165, 1.54) is 16.7 Å². The molecule has 0 saturated carbocycles. The van der Waals surface area contributed by atoms with Gasteiger partial charge in [0.05, 0.1) is 13.5 Å². The second kappa shape index (κ2) is 12.6. The monoisotopic (exact) mass is 590 g/mol. The number of carbonyl (C=O) groups is 3. The molecule has 43 heavy (non-hydrogen) atoms. The van der Waals surface area contributed by atoms with Crippen LogP contribution in [0.4, 0.5) is 0 Å². The predicted molar refractivity (Wildman–Crippen MR) is 166 cm³/mol. The molecule has 4 aromatic carbocycles. The van der Waals surface area contributed by atoms with Crippen LogP contribution in [0.3, 0.4) is 0 Å². The maximum absolute atomic E-state index is 14.2. The molecule has 8 heteroatoms. The number of ether oxygens (including phenoxy) is 2. The summed E-state index contributed by atoms with van der Waals surface area (Å²) in [7, 11) is 1.59. The summed E-state index contributed by atoms with van der Waals surface area (Å²) in [6.07, 6.45) is -0.509. The molecule has 6 rings (SSSR count). The molecule has 0 aromatic heterocycles. The zero-order valence-electron chi connectivity index (χ0n) is 23.5. The normalized spacial score (nSPS) is 17.6. The highest BCUT2D eigenvalue weighted by molar-refractivity contribution is 8.00. The Kier molecular flexibility index (Phi) is 8.29. The van der Waals surface area contributed by atoms with Gasteiger partial charge in [0.1, 0.15) is 22.9 Å². The van der Waals surface area contributed by atoms with E-state index in [9.17, 15) is 14.4 Å². The van der Waals surface area contributed by atoms with E-state index in [0.717, 1.165) is 22.3 Å². The standard InChI is InChI=1S/C35H30N2O5S/c1-41-27-19-17-24(18-20-27)28-22-43-34-30(36-29(38)21-23-11-5-2-6-12-23)33(39)37(34)31(28)35(40)42-32(25-13-7-3-8-14-25)26-15-9-4-10-16-26/h2-20,30,32,34H,21-22H2,1H3,(H,36,38). The van der Waals surface area contributed by atoms with Crippen molar-refractivity contribution in [1.29, 1.82) is 0 Å². The first-order valence-electron chi connectivity index (χ1n) is 14.0. The lowest BCUT2D eigenvalue weighted by molar-refractivity contribution is -0.154. The van der Waals surface area contributed by atoms with Crippen LogP contribution in [0.2, 0.25) is 0 Å². The lowest BCUT2D eigenvalue weighted by Crippen LogP contribution is -2.70. The molecule has 2 heterocycles. The third-order valence-electron chi connectivity index (χ3n) is 7.55. The topological polar surface area (TPSA) is 84.9 Å². The van der Waals surface area contributed by atoms with E-state index < -0.39 is 23.5 Å². The second-order valence-electron chi connectivity index (χ2n) is 10.3. The molecule has 2 aliphatic heterocycles. The fourth-order valence-corrected chi connectivity index (χ4v) is 6.75. The van der Waals surface area contributed by atoms with Crippen molar-refractivity contribution in [1.82, 2.24) is 10.2 Å². The summed E-state index contributed by atoms with van der Waals surface area (Å²) in [5.74, 6) is -0.0439. The van der Waals surface area contributed by atoms with E-state index in [1.54, 1.807) is 7.11 Å². The lowest BCUT2D eigenvalue weighted by atomic mass is 9.98. The molecule has 2 unspecified atom stereocenters. The summed E-state index contributed by atoms with van der Waals surface area (Å²) in [5.41, 5.74) is 4.17. The molecule has 0 spiro atoms. The summed E-state index contributed by atoms with van der Waals surface area (Å²) < 4.78 is 11.6. The van der Waals surface area contributed by atoms with Gasteiger partial charge in [0.2, 0.25) is 5.91 Å². The number of nitrogens with zero attached hydrogens (tertiary/aromatic N) is 1. The van der Waals surface area contributed by atoms with E-state index in [1.807, 2.05) is 115 Å². The fraction of sp³-hybridized carbons (Fsp3) is 0.171. The third-order valence-corrected chi connectivity index (χ3v) is 8.83. The van der Waals surface area contributed by atoms with E-state index in [0.29, 0.717) is 17.1 Å². The van der Waals surface area contributed by atoms with E-state index >= 15 is 0 Å². The Morgan fingerprint density at radius 2 is 1.44 bits per heavy atom. The first kappa shape index (κ1) is 28.3. The fourth-order valence-electron chi connectivity index (χ4n) is 5.37. The van der Waals surface area contributed by atoms with Crippen LogP contribution in [0.5, 0.6) is 5.75 Å². The Morgan fingerprint density at radius 1 is 0.860 bits per heavy atom. The minimum atomic E-state index is -0.736. The SMILES string of the molecule is COc1ccc(C2=C(C(=O)OC(c3ccccc3)c3ccccc3)N3C(=O)C(NC(=O)Cc4ccccc4)C3SC2)cc1. The van der Waals surface area contributed by atoms with E-state index in [2.05, 4.69) is 5.32 Å². The minimum Gasteiger partial charge on any atom is -0.497 e. The third kappa shape index (κ3) is 5.92. The number of methoxy groups -OCH3 is 1. The summed E-state index contributed by atoms with van der Waals surface area (Å²) in [6, 6.07) is 35.1. The Morgan fingerprint density at radius 3 is 2.02 bits per heavy atom. The highest BCUT2D eigenvalue weighted by Gasteiger charge is 2.54. The number of esters is 1. The molecule has 1 saturated heterocycles. The van der Waals surface area contributed by atoms with Gasteiger partial charge in [-0.15, -0.1) is 11.8 Å². The van der Waals surface area contributed by atoms with Crippen LogP contribution in [0.15, 0.2) is 121 Å². The highest BCUT2D eigenvalue weighted by Crippen LogP contribution is 2.44. The number of fused-ring (bicyclic) bond motifs is 1. The molecule has 1 N–H and O–H groups in total. The maximum Gasteiger partial charge on any atom is 0.356 e. The Bertz CT molecular complexity index is 1600.